The quantitative estimate of drug-likeness (QED) is 0.702. The van der Waals surface area contributed by atoms with Crippen LogP contribution in [0.3, 0.4) is 0 Å². The van der Waals surface area contributed by atoms with Crippen LogP contribution in [0.2, 0.25) is 0 Å². The van der Waals surface area contributed by atoms with Crippen molar-refractivity contribution in [1.29, 1.82) is 0 Å². The van der Waals surface area contributed by atoms with Crippen molar-refractivity contribution in [2.45, 2.75) is 26.3 Å². The van der Waals surface area contributed by atoms with Gasteiger partial charge in [-0.15, -0.1) is 0 Å². The molecule has 1 aromatic carbocycles. The van der Waals surface area contributed by atoms with Crippen LogP contribution in [0.4, 0.5) is 5.69 Å². The molecule has 2 aliphatic rings. The maximum Gasteiger partial charge on any atom is 0.178 e. The van der Waals surface area contributed by atoms with Crippen LogP contribution in [0, 0.1) is 13.8 Å². The molecule has 2 fully saturated rings. The largest absolute Gasteiger partial charge is 0.369 e. The van der Waals surface area contributed by atoms with Crippen molar-refractivity contribution in [3.63, 3.8) is 0 Å². The van der Waals surface area contributed by atoms with E-state index < -0.39 is 9.84 Å². The van der Waals surface area contributed by atoms with E-state index in [-0.39, 0.29) is 23.3 Å². The van der Waals surface area contributed by atoms with Crippen LogP contribution in [0.5, 0.6) is 0 Å². The number of aromatic nitrogens is 1. The third-order valence-electron chi connectivity index (χ3n) is 6.22. The maximum absolute atomic E-state index is 13.0. The molecule has 2 aliphatic heterocycles. The Morgan fingerprint density at radius 1 is 1.07 bits per heavy atom. The van der Waals surface area contributed by atoms with Crippen LogP contribution in [0.15, 0.2) is 36.4 Å². The molecule has 3 heterocycles. The van der Waals surface area contributed by atoms with Gasteiger partial charge in [0.25, 0.3) is 0 Å². The number of nitrogens with zero attached hydrogens (tertiary/aromatic N) is 3. The van der Waals surface area contributed by atoms with Crippen molar-refractivity contribution in [2.75, 3.05) is 49.1 Å². The van der Waals surface area contributed by atoms with E-state index in [0.717, 1.165) is 43.1 Å². The summed E-state index contributed by atoms with van der Waals surface area (Å²) in [4.78, 5) is 17.6. The Bertz CT molecular complexity index is 990. The number of para-hydroxylation sites is 1. The third kappa shape index (κ3) is 4.26. The predicted molar refractivity (Wildman–Crippen MR) is 116 cm³/mol. The number of rotatable bonds is 5. The molecule has 1 aromatic heterocycles. The summed E-state index contributed by atoms with van der Waals surface area (Å²) in [5.74, 6) is 0.542. The summed E-state index contributed by atoms with van der Waals surface area (Å²) in [5, 5.41) is 0. The number of hydrogen-bond acceptors (Lipinski definition) is 5. The van der Waals surface area contributed by atoms with Gasteiger partial charge in [-0.1, -0.05) is 18.2 Å². The summed E-state index contributed by atoms with van der Waals surface area (Å²) >= 11 is 0. The molecule has 6 nitrogen and oxygen atoms in total. The number of Topliss-reactive ketones (excluding diaryl/α,β-unsaturated/α-hetero) is 1. The first-order valence-electron chi connectivity index (χ1n) is 10.3. The fraction of sp³-hybridized carbons (Fsp3) is 0.500. The van der Waals surface area contributed by atoms with Gasteiger partial charge in [0.15, 0.2) is 15.6 Å². The Morgan fingerprint density at radius 2 is 1.76 bits per heavy atom. The number of ketones is 1. The lowest BCUT2D eigenvalue weighted by Gasteiger charge is -2.35. The highest BCUT2D eigenvalue weighted by Gasteiger charge is 2.32. The maximum atomic E-state index is 13.0. The fourth-order valence-corrected chi connectivity index (χ4v) is 6.39. The zero-order valence-corrected chi connectivity index (χ0v) is 18.0. The van der Waals surface area contributed by atoms with E-state index >= 15 is 0 Å². The zero-order chi connectivity index (χ0) is 20.6. The predicted octanol–water partition coefficient (Wildman–Crippen LogP) is 2.47. The third-order valence-corrected chi connectivity index (χ3v) is 7.97. The minimum atomic E-state index is -2.96. The van der Waals surface area contributed by atoms with Crippen molar-refractivity contribution in [1.82, 2.24) is 9.47 Å². The molecule has 0 saturated carbocycles. The van der Waals surface area contributed by atoms with Crippen molar-refractivity contribution < 1.29 is 13.2 Å². The Balaban J connectivity index is 1.40. The zero-order valence-electron chi connectivity index (χ0n) is 17.2. The number of sulfone groups is 1. The first-order valence-corrected chi connectivity index (χ1v) is 12.1. The van der Waals surface area contributed by atoms with Gasteiger partial charge in [0, 0.05) is 54.9 Å². The molecule has 0 amide bonds. The first kappa shape index (κ1) is 20.2. The monoisotopic (exact) mass is 415 g/mol. The van der Waals surface area contributed by atoms with E-state index in [0.29, 0.717) is 13.0 Å². The van der Waals surface area contributed by atoms with Gasteiger partial charge in [-0.25, -0.2) is 8.42 Å². The van der Waals surface area contributed by atoms with Crippen LogP contribution in [0.25, 0.3) is 0 Å². The number of hydrogen-bond donors (Lipinski definition) is 0. The lowest BCUT2D eigenvalue weighted by atomic mass is 10.1. The van der Waals surface area contributed by atoms with E-state index in [4.69, 9.17) is 0 Å². The average molecular weight is 416 g/mol. The van der Waals surface area contributed by atoms with Gasteiger partial charge in [-0.3, -0.25) is 9.69 Å². The first-order chi connectivity index (χ1) is 13.8. The van der Waals surface area contributed by atoms with Gasteiger partial charge in [0.05, 0.1) is 18.1 Å². The lowest BCUT2D eigenvalue weighted by molar-refractivity contribution is 0.0925. The van der Waals surface area contributed by atoms with Gasteiger partial charge in [0.2, 0.25) is 0 Å². The van der Waals surface area contributed by atoms with Crippen LogP contribution in [-0.2, 0) is 9.84 Å². The van der Waals surface area contributed by atoms with Crippen LogP contribution in [-0.4, -0.2) is 67.9 Å². The molecule has 2 saturated heterocycles. The highest BCUT2D eigenvalue weighted by atomic mass is 32.2. The van der Waals surface area contributed by atoms with Gasteiger partial charge in [0.1, 0.15) is 0 Å². The second kappa shape index (κ2) is 7.95. The minimum absolute atomic E-state index is 0.0454. The number of anilines is 1. The van der Waals surface area contributed by atoms with Crippen molar-refractivity contribution in [3.8, 4) is 0 Å². The molecule has 0 unspecified atom stereocenters. The fourth-order valence-electron chi connectivity index (χ4n) is 4.69. The smallest absolute Gasteiger partial charge is 0.178 e. The van der Waals surface area contributed by atoms with E-state index in [1.165, 1.54) is 5.69 Å². The van der Waals surface area contributed by atoms with Gasteiger partial charge < -0.3 is 9.47 Å². The van der Waals surface area contributed by atoms with Crippen LogP contribution >= 0.6 is 0 Å². The molecule has 4 rings (SSSR count). The second-order valence-corrected chi connectivity index (χ2v) is 10.5. The average Bonchev–Trinajstić information content (AvgIpc) is 3.21. The summed E-state index contributed by atoms with van der Waals surface area (Å²) in [6.07, 6.45) is 0.633. The topological polar surface area (TPSA) is 62.6 Å². The van der Waals surface area contributed by atoms with Crippen molar-refractivity contribution in [2.24, 2.45) is 0 Å². The van der Waals surface area contributed by atoms with Crippen LogP contribution in [0.1, 0.15) is 34.2 Å². The molecule has 1 atom stereocenters. The Kier molecular flexibility index (Phi) is 5.53. The number of aryl methyl sites for hydroxylation is 1. The van der Waals surface area contributed by atoms with E-state index in [1.54, 1.807) is 0 Å². The summed E-state index contributed by atoms with van der Waals surface area (Å²) < 4.78 is 25.8. The van der Waals surface area contributed by atoms with Crippen LogP contribution < -0.4 is 4.90 Å². The van der Waals surface area contributed by atoms with Crippen molar-refractivity contribution >= 4 is 21.3 Å². The highest BCUT2D eigenvalue weighted by molar-refractivity contribution is 7.91. The highest BCUT2D eigenvalue weighted by Crippen LogP contribution is 2.29. The van der Waals surface area contributed by atoms with E-state index in [9.17, 15) is 13.2 Å². The standard InChI is InChI=1S/C22H29N3O3S/c1-17-14-21(18(2)25(17)20-8-13-29(27,28)16-20)22(26)15-23-9-11-24(12-10-23)19-6-4-3-5-7-19/h3-7,14,20H,8-13,15-16H2,1-2H3/t20-/m1/s1. The van der Waals surface area contributed by atoms with Crippen molar-refractivity contribution in [3.05, 3.63) is 53.3 Å². The normalized spacial score (nSPS) is 22.1. The Morgan fingerprint density at radius 3 is 2.38 bits per heavy atom. The second-order valence-electron chi connectivity index (χ2n) is 8.23. The summed E-state index contributed by atoms with van der Waals surface area (Å²) in [6.45, 7) is 7.87. The molecular weight excluding hydrogens is 386 g/mol. The molecule has 29 heavy (non-hydrogen) atoms. The van der Waals surface area contributed by atoms with E-state index in [1.807, 2.05) is 26.0 Å². The minimum Gasteiger partial charge on any atom is -0.369 e. The number of piperazine rings is 1. The molecule has 0 N–H and O–H groups in total. The van der Waals surface area contributed by atoms with Gasteiger partial charge in [-0.05, 0) is 38.5 Å². The van der Waals surface area contributed by atoms with Gasteiger partial charge in [-0.2, -0.15) is 0 Å². The molecule has 0 aliphatic carbocycles. The van der Waals surface area contributed by atoms with Gasteiger partial charge >= 0.3 is 0 Å². The summed E-state index contributed by atoms with van der Waals surface area (Å²) in [7, 11) is -2.96. The summed E-state index contributed by atoms with van der Waals surface area (Å²) in [5.41, 5.74) is 3.84. The molecule has 0 bridgehead atoms. The molecule has 0 radical (unpaired) electrons. The molecule has 7 heteroatoms. The summed E-state index contributed by atoms with van der Waals surface area (Å²) in [6, 6.07) is 12.3. The molecule has 0 spiro atoms. The SMILES string of the molecule is Cc1cc(C(=O)CN2CCN(c3ccccc3)CC2)c(C)n1[C@@H]1CCS(=O)(=O)C1. The number of carbonyl (C=O) groups is 1. The number of carbonyl (C=O) groups excluding carboxylic acids is 1. The molecule has 156 valence electrons. The lowest BCUT2D eigenvalue weighted by Crippen LogP contribution is -2.48. The Labute approximate surface area is 173 Å². The molecule has 2 aromatic rings. The van der Waals surface area contributed by atoms with E-state index in [2.05, 4.69) is 38.6 Å². The molecular formula is C22H29N3O3S. The number of benzene rings is 1. The Hall–Kier alpha value is -2.12.